The molecule has 1 aliphatic rings. The van der Waals surface area contributed by atoms with E-state index in [1.807, 2.05) is 0 Å². The van der Waals surface area contributed by atoms with Gasteiger partial charge >= 0.3 is 6.03 Å². The van der Waals surface area contributed by atoms with Crippen LogP contribution in [0.4, 0.5) is 9.93 Å². The number of hydrogen-bond donors (Lipinski definition) is 1. The molecule has 1 aromatic heterocycles. The van der Waals surface area contributed by atoms with E-state index in [2.05, 4.69) is 21.6 Å². The quantitative estimate of drug-likeness (QED) is 0.783. The van der Waals surface area contributed by atoms with Crippen molar-refractivity contribution in [2.24, 2.45) is 0 Å². The Morgan fingerprint density at radius 3 is 2.95 bits per heavy atom. The van der Waals surface area contributed by atoms with E-state index in [1.165, 1.54) is 11.5 Å². The third-order valence-electron chi connectivity index (χ3n) is 3.31. The van der Waals surface area contributed by atoms with Crippen molar-refractivity contribution in [1.29, 1.82) is 0 Å². The van der Waals surface area contributed by atoms with Crippen LogP contribution in [0.5, 0.6) is 0 Å². The molecule has 1 saturated carbocycles. The topological polar surface area (TPSA) is 67.4 Å². The Morgan fingerprint density at radius 2 is 2.35 bits per heavy atom. The standard InChI is InChI=1S/C12H20N4O2S2/c1-4-7-19-10-13-9(20-15-10)14-11(17)16(2)12(5-6-12)8-18-3/h4-8H2,1-3H3,(H,13,14,15,17). The molecular formula is C12H20N4O2S2. The number of amides is 2. The molecule has 0 atom stereocenters. The molecule has 0 spiro atoms. The summed E-state index contributed by atoms with van der Waals surface area (Å²) in [7, 11) is 3.46. The number of methoxy groups -OCH3 is 1. The average Bonchev–Trinajstić information content (AvgIpc) is 3.08. The van der Waals surface area contributed by atoms with Crippen molar-refractivity contribution in [2.45, 2.75) is 36.9 Å². The Bertz CT molecular complexity index is 462. The minimum Gasteiger partial charge on any atom is -0.382 e. The van der Waals surface area contributed by atoms with E-state index >= 15 is 0 Å². The number of carbonyl (C=O) groups is 1. The number of carbonyl (C=O) groups excluding carboxylic acids is 1. The molecule has 1 aromatic rings. The average molecular weight is 316 g/mol. The minimum absolute atomic E-state index is 0.136. The van der Waals surface area contributed by atoms with Gasteiger partial charge in [-0.3, -0.25) is 5.32 Å². The molecular weight excluding hydrogens is 296 g/mol. The molecule has 0 aromatic carbocycles. The first-order chi connectivity index (χ1) is 9.61. The SMILES string of the molecule is CCCSc1nsc(NC(=O)N(C)C2(COC)CC2)n1. The molecule has 1 heterocycles. The molecule has 1 aliphatic carbocycles. The van der Waals surface area contributed by atoms with Crippen LogP contribution in [0.2, 0.25) is 0 Å². The summed E-state index contributed by atoms with van der Waals surface area (Å²) >= 11 is 2.82. The normalized spacial score (nSPS) is 15.9. The van der Waals surface area contributed by atoms with Gasteiger partial charge in [-0.1, -0.05) is 18.7 Å². The van der Waals surface area contributed by atoms with E-state index in [1.54, 1.807) is 30.8 Å². The van der Waals surface area contributed by atoms with Gasteiger partial charge in [0.2, 0.25) is 10.3 Å². The van der Waals surface area contributed by atoms with Crippen LogP contribution >= 0.6 is 23.3 Å². The van der Waals surface area contributed by atoms with Crippen molar-refractivity contribution in [3.05, 3.63) is 0 Å². The molecule has 1 fully saturated rings. The second-order valence-electron chi connectivity index (χ2n) is 4.88. The number of rotatable bonds is 7. The molecule has 0 unspecified atom stereocenters. The van der Waals surface area contributed by atoms with E-state index in [4.69, 9.17) is 4.74 Å². The molecule has 0 aliphatic heterocycles. The maximum atomic E-state index is 12.2. The van der Waals surface area contributed by atoms with Crippen molar-refractivity contribution >= 4 is 34.5 Å². The van der Waals surface area contributed by atoms with E-state index < -0.39 is 0 Å². The fourth-order valence-corrected chi connectivity index (χ4v) is 3.28. The lowest BCUT2D eigenvalue weighted by Crippen LogP contribution is -2.44. The third kappa shape index (κ3) is 3.62. The van der Waals surface area contributed by atoms with Crippen LogP contribution < -0.4 is 5.32 Å². The van der Waals surface area contributed by atoms with Crippen LogP contribution in [0, 0.1) is 0 Å². The number of nitrogens with one attached hydrogen (secondary N) is 1. The van der Waals surface area contributed by atoms with Gasteiger partial charge in [0.1, 0.15) is 0 Å². The number of aromatic nitrogens is 2. The first kappa shape index (κ1) is 15.5. The van der Waals surface area contributed by atoms with Crippen molar-refractivity contribution in [3.8, 4) is 0 Å². The van der Waals surface area contributed by atoms with Gasteiger partial charge in [-0.15, -0.1) is 0 Å². The van der Waals surface area contributed by atoms with E-state index in [9.17, 15) is 4.79 Å². The molecule has 2 rings (SSSR count). The summed E-state index contributed by atoms with van der Waals surface area (Å²) in [6.07, 6.45) is 3.05. The van der Waals surface area contributed by atoms with Gasteiger partial charge in [-0.2, -0.15) is 9.36 Å². The summed E-state index contributed by atoms with van der Waals surface area (Å²) in [5.41, 5.74) is -0.136. The third-order valence-corrected chi connectivity index (χ3v) is 5.11. The maximum absolute atomic E-state index is 12.2. The Hall–Kier alpha value is -0.860. The fraction of sp³-hybridized carbons (Fsp3) is 0.750. The van der Waals surface area contributed by atoms with E-state index in [0.717, 1.165) is 30.2 Å². The highest BCUT2D eigenvalue weighted by molar-refractivity contribution is 7.99. The number of nitrogens with zero attached hydrogens (tertiary/aromatic N) is 3. The highest BCUT2D eigenvalue weighted by atomic mass is 32.2. The molecule has 20 heavy (non-hydrogen) atoms. The van der Waals surface area contributed by atoms with Crippen LogP contribution in [0.3, 0.4) is 0 Å². The van der Waals surface area contributed by atoms with Crippen molar-refractivity contribution < 1.29 is 9.53 Å². The summed E-state index contributed by atoms with van der Waals surface area (Å²) in [5, 5.41) is 4.09. The Kier molecular flexibility index (Phi) is 5.22. The molecule has 0 radical (unpaired) electrons. The van der Waals surface area contributed by atoms with Gasteiger partial charge in [0.05, 0.1) is 12.1 Å². The fourth-order valence-electron chi connectivity index (χ4n) is 1.89. The van der Waals surface area contributed by atoms with Crippen LogP contribution in [0.1, 0.15) is 26.2 Å². The first-order valence-electron chi connectivity index (χ1n) is 6.61. The summed E-state index contributed by atoms with van der Waals surface area (Å²) < 4.78 is 9.40. The monoisotopic (exact) mass is 316 g/mol. The second-order valence-corrected chi connectivity index (χ2v) is 6.69. The minimum atomic E-state index is -0.150. The highest BCUT2D eigenvalue weighted by Crippen LogP contribution is 2.41. The summed E-state index contributed by atoms with van der Waals surface area (Å²) in [6, 6.07) is -0.150. The number of ether oxygens (including phenoxy) is 1. The smallest absolute Gasteiger partial charge is 0.323 e. The zero-order chi connectivity index (χ0) is 14.6. The summed E-state index contributed by atoms with van der Waals surface area (Å²) in [4.78, 5) is 18.2. The Morgan fingerprint density at radius 1 is 1.60 bits per heavy atom. The lowest BCUT2D eigenvalue weighted by molar-refractivity contribution is 0.108. The van der Waals surface area contributed by atoms with Crippen LogP contribution in [-0.4, -0.2) is 52.3 Å². The van der Waals surface area contributed by atoms with Gasteiger partial charge in [-0.25, -0.2) is 4.79 Å². The molecule has 2 amide bonds. The summed E-state index contributed by atoms with van der Waals surface area (Å²) in [5.74, 6) is 0.987. The zero-order valence-corrected chi connectivity index (χ0v) is 13.6. The van der Waals surface area contributed by atoms with Gasteiger partial charge in [0, 0.05) is 31.4 Å². The molecule has 112 valence electrons. The van der Waals surface area contributed by atoms with Crippen molar-refractivity contribution in [2.75, 3.05) is 31.8 Å². The largest absolute Gasteiger partial charge is 0.382 e. The lowest BCUT2D eigenvalue weighted by Gasteiger charge is -2.27. The maximum Gasteiger partial charge on any atom is 0.323 e. The van der Waals surface area contributed by atoms with Crippen LogP contribution in [-0.2, 0) is 4.74 Å². The summed E-state index contributed by atoms with van der Waals surface area (Å²) in [6.45, 7) is 2.69. The highest BCUT2D eigenvalue weighted by Gasteiger charge is 2.48. The second kappa shape index (κ2) is 6.73. The van der Waals surface area contributed by atoms with Crippen LogP contribution in [0.25, 0.3) is 0 Å². The molecule has 0 bridgehead atoms. The molecule has 1 N–H and O–H groups in total. The number of urea groups is 1. The number of hydrogen-bond acceptors (Lipinski definition) is 6. The van der Waals surface area contributed by atoms with Gasteiger partial charge in [0.15, 0.2) is 0 Å². The molecule has 0 saturated heterocycles. The first-order valence-corrected chi connectivity index (χ1v) is 8.37. The van der Waals surface area contributed by atoms with Gasteiger partial charge in [-0.05, 0) is 19.3 Å². The van der Waals surface area contributed by atoms with Gasteiger partial charge in [0.25, 0.3) is 0 Å². The number of thioether (sulfide) groups is 1. The van der Waals surface area contributed by atoms with Crippen molar-refractivity contribution in [1.82, 2.24) is 14.3 Å². The van der Waals surface area contributed by atoms with Crippen LogP contribution in [0.15, 0.2) is 5.16 Å². The van der Waals surface area contributed by atoms with E-state index in [0.29, 0.717) is 11.7 Å². The molecule has 6 nitrogen and oxygen atoms in total. The van der Waals surface area contributed by atoms with Crippen molar-refractivity contribution in [3.63, 3.8) is 0 Å². The number of likely N-dealkylation sites (N-methyl/N-ethyl adjacent to an activating group) is 1. The predicted octanol–water partition coefficient (Wildman–Crippen LogP) is 2.68. The van der Waals surface area contributed by atoms with Gasteiger partial charge < -0.3 is 9.64 Å². The van der Waals surface area contributed by atoms with E-state index in [-0.39, 0.29) is 11.6 Å². The zero-order valence-electron chi connectivity index (χ0n) is 12.0. The predicted molar refractivity (Wildman–Crippen MR) is 81.5 cm³/mol. The molecule has 8 heteroatoms. The lowest BCUT2D eigenvalue weighted by atomic mass is 10.2. The number of anilines is 1. The Balaban J connectivity index is 1.89. The Labute approximate surface area is 127 Å².